The van der Waals surface area contributed by atoms with Crippen LogP contribution in [0.4, 0.5) is 0 Å². The number of benzene rings is 6. The second-order valence-electron chi connectivity index (χ2n) is 31.8. The van der Waals surface area contributed by atoms with Crippen molar-refractivity contribution in [2.24, 2.45) is 29.2 Å². The Balaban J connectivity index is 1.08. The third-order valence-corrected chi connectivity index (χ3v) is 24.1. The van der Waals surface area contributed by atoms with E-state index in [2.05, 4.69) is 26.6 Å². The Hall–Kier alpha value is -10.4. The lowest BCUT2D eigenvalue weighted by molar-refractivity contribution is -0.333. The van der Waals surface area contributed by atoms with Crippen LogP contribution in [0.3, 0.4) is 0 Å². The molecule has 0 unspecified atom stereocenters. The van der Waals surface area contributed by atoms with Gasteiger partial charge in [-0.2, -0.15) is 0 Å². The van der Waals surface area contributed by atoms with Crippen LogP contribution in [-0.2, 0) is 73.9 Å². The van der Waals surface area contributed by atoms with Gasteiger partial charge in [0.1, 0.15) is 83.1 Å². The number of hydrogen-bond acceptors (Lipinski definition) is 29. The summed E-state index contributed by atoms with van der Waals surface area (Å²) in [5.74, 6) is -20.9. The van der Waals surface area contributed by atoms with Gasteiger partial charge in [-0.05, 0) is 140 Å². The van der Waals surface area contributed by atoms with Crippen molar-refractivity contribution in [1.29, 1.82) is 0 Å². The molecule has 39 heteroatoms. The second-order valence-corrected chi connectivity index (χ2v) is 34.3. The van der Waals surface area contributed by atoms with Crippen molar-refractivity contribution >= 4 is 86.2 Å². The van der Waals surface area contributed by atoms with E-state index in [1.54, 1.807) is 6.92 Å². The highest BCUT2D eigenvalue weighted by molar-refractivity contribution is 7.90. The highest BCUT2D eigenvalue weighted by atomic mass is 35.5. The van der Waals surface area contributed by atoms with Crippen molar-refractivity contribution in [2.75, 3.05) is 19.8 Å². The summed E-state index contributed by atoms with van der Waals surface area (Å²) < 4.78 is 73.0. The summed E-state index contributed by atoms with van der Waals surface area (Å²) in [4.78, 5) is 133. The third kappa shape index (κ3) is 21.5. The fourth-order valence-corrected chi connectivity index (χ4v) is 16.9. The third-order valence-electron chi connectivity index (χ3n) is 22.1. The molecule has 6 aromatic rings. The molecule has 0 spiro atoms. The number of phenols is 3. The number of nitrogens with two attached hydrogens (primary N) is 2. The zero-order valence-corrected chi connectivity index (χ0v) is 70.0. The first kappa shape index (κ1) is 93.3. The van der Waals surface area contributed by atoms with Crippen LogP contribution in [0.1, 0.15) is 169 Å². The fourth-order valence-electron chi connectivity index (χ4n) is 15.4. The van der Waals surface area contributed by atoms with Gasteiger partial charge in [0.25, 0.3) is 10.0 Å². The molecular weight excluding hydrogens is 1670 g/mol. The van der Waals surface area contributed by atoms with Gasteiger partial charge in [-0.25, -0.2) is 17.9 Å². The molecule has 36 nitrogen and oxygen atoms in total. The number of amides is 6. The Morgan fingerprint density at radius 2 is 1.39 bits per heavy atom. The maximum Gasteiger partial charge on any atom is 0.330 e. The van der Waals surface area contributed by atoms with Gasteiger partial charge in [0.15, 0.2) is 41.5 Å². The maximum absolute atomic E-state index is 16.5. The van der Waals surface area contributed by atoms with E-state index < -0.39 is 284 Å². The van der Waals surface area contributed by atoms with Crippen molar-refractivity contribution < 1.29 is 136 Å². The summed E-state index contributed by atoms with van der Waals surface area (Å²) >= 11 is 14.3. The average molecular weight is 1770 g/mol. The van der Waals surface area contributed by atoms with Gasteiger partial charge in [-0.15, -0.1) is 0 Å². The van der Waals surface area contributed by atoms with E-state index in [0.29, 0.717) is 18.8 Å². The summed E-state index contributed by atoms with van der Waals surface area (Å²) in [6.45, 7) is 8.91. The molecule has 7 heterocycles. The van der Waals surface area contributed by atoms with E-state index in [0.717, 1.165) is 79.9 Å². The molecule has 18 atom stereocenters. The van der Waals surface area contributed by atoms with E-state index in [-0.39, 0.29) is 57.7 Å². The molecule has 11 bridgehead atoms. The van der Waals surface area contributed by atoms with E-state index in [1.165, 1.54) is 50.2 Å². The van der Waals surface area contributed by atoms with E-state index in [1.807, 2.05) is 25.5 Å². The summed E-state index contributed by atoms with van der Waals surface area (Å²) in [6, 6.07) is 9.38. The van der Waals surface area contributed by atoms with Gasteiger partial charge >= 0.3 is 5.97 Å². The lowest BCUT2D eigenvalue weighted by Crippen LogP contribution is -2.64. The SMILES string of the molecule is CCCCCOc1ccc(S(=O)(=O)NC(=O)CCNCc2c(O)cc3c(c2O)-c2cc(ccc2O)[C@H]2CC(=O)[C@@H]4NC(=O)[C@H](CC(N)=O)CC(=O)[C@H](NC(=O)[C@H](CC)CC(C)C)[C@H](O)c5ccc(c(Cl)c5)Oc5cc4cc(c5O[C@@H]4O[C@H](CO)[C@@H](O)[C@H](O)[C@H]4O[C@H]4C[C@](C)(N)[C@H](O)[C@H](C)O4)Oc4ccc(cc4Cl)[C@@H](O)[C@H](NC2=O)C(=O)N[C@@H]3C(=O)O)cc1. The molecular formula is C84H100Cl2N8O28S. The van der Waals surface area contributed by atoms with Crippen molar-refractivity contribution in [3.05, 3.63) is 140 Å². The number of ketones is 2. The molecule has 0 radical (unpaired) electrons. The molecule has 13 rings (SSSR count). The largest absolute Gasteiger partial charge is 0.507 e. The number of halogens is 2. The van der Waals surface area contributed by atoms with Gasteiger partial charge in [-0.3, -0.25) is 38.4 Å². The van der Waals surface area contributed by atoms with Crippen LogP contribution in [-0.4, -0.2) is 199 Å². The fraction of sp³-hybridized carbons (Fsp3) is 0.464. The second kappa shape index (κ2) is 39.7. The number of aromatic hydroxyl groups is 3. The normalized spacial score (nSPS) is 26.5. The lowest BCUT2D eigenvalue weighted by atomic mass is 9.84. The number of Topliss-reactive ketones (excluding diaryl/α,β-unsaturated/α-hetero) is 2. The zero-order valence-electron chi connectivity index (χ0n) is 67.7. The minimum Gasteiger partial charge on any atom is -0.507 e. The summed E-state index contributed by atoms with van der Waals surface area (Å²) in [6.07, 6.45) is -18.4. The number of fused-ring (bicyclic) bond motifs is 15. The number of ether oxygens (including phenoxy) is 7. The first-order valence-electron chi connectivity index (χ1n) is 39.9. The van der Waals surface area contributed by atoms with Gasteiger partial charge in [-0.1, -0.05) is 81.9 Å². The number of sulfonamides is 1. The molecule has 0 aromatic heterocycles. The standard InChI is InChI=1S/C84H100Cl2N8O28S/c1-7-9-10-23-116-45-14-16-46(17-15-45)123(114,115)94-63(101)21-22-89-35-50-54(97)33-49-65(72(50)104)48-25-40(11-18-53(48)96)47-32-56(99)66-43-29-59(118-57-19-12-41(26-51(57)85)70(102)68(92-78(108)39(8-2)24-37(3)4)55(98)28-44(31-62(87)100)79(109)90-66)75(122-83-76(74(106)73(105)61(36-95)120-83)121-64-34-84(6,88)77(107)38(5)117-64)60(30-43)119-58-20-13-42(27-52(58)86)71(103)69(93-80(47)110)81(111)91-67(49)82(112)113/h11-20,25-27,29-30,33,37-39,44,47,61,64,66-71,73-74,76-77,83,89,95-97,102-107H,7-10,21-24,28,31-32,34-36,88H2,1-6H3,(H2,87,100)(H,90,109)(H,91,111)(H,92,108)(H,93,110)(H,94,101)(H,112,113)/t38-,39+,44-,47+,61+,64-,66+,67-,68-,69-,70+,71+,73+,74-,76+,77+,83-,84-/m0/s1. The summed E-state index contributed by atoms with van der Waals surface area (Å²) in [5.41, 5.74) is 7.47. The maximum atomic E-state index is 16.5. The van der Waals surface area contributed by atoms with Crippen LogP contribution < -0.4 is 61.7 Å². The minimum absolute atomic E-state index is 0.0460. The molecule has 6 aromatic carbocycles. The Kier molecular flexibility index (Phi) is 30.1. The first-order valence-corrected chi connectivity index (χ1v) is 42.2. The quantitative estimate of drug-likeness (QED) is 0.0332. The van der Waals surface area contributed by atoms with Gasteiger partial charge in [0, 0.05) is 73.3 Å². The average Bonchev–Trinajstić information content (AvgIpc) is 0.744. The number of aliphatic hydroxyl groups is 6. The number of primary amides is 1. The number of aliphatic hydroxyl groups excluding tert-OH is 6. The number of carboxylic acids is 1. The number of phenolic OH excluding ortho intramolecular Hbond substituents is 3. The first-order chi connectivity index (χ1) is 58.2. The van der Waals surface area contributed by atoms with E-state index >= 15 is 24.0 Å². The topological polar surface area (TPSA) is 579 Å². The summed E-state index contributed by atoms with van der Waals surface area (Å²) in [5, 5.41) is 130. The van der Waals surface area contributed by atoms with Gasteiger partial charge in [0.2, 0.25) is 47.5 Å². The molecule has 2 fully saturated rings. The molecule has 2 saturated heterocycles. The lowest BCUT2D eigenvalue weighted by Gasteiger charge is -2.47. The predicted octanol–water partition coefficient (Wildman–Crippen LogP) is 5.07. The Morgan fingerprint density at radius 3 is 1.99 bits per heavy atom. The molecule has 7 aliphatic heterocycles. The van der Waals surface area contributed by atoms with Crippen LogP contribution in [0.2, 0.25) is 10.0 Å². The van der Waals surface area contributed by atoms with Crippen LogP contribution in [0.25, 0.3) is 11.1 Å². The van der Waals surface area contributed by atoms with Crippen molar-refractivity contribution in [1.82, 2.24) is 31.3 Å². The van der Waals surface area contributed by atoms with Crippen molar-refractivity contribution in [3.63, 3.8) is 0 Å². The van der Waals surface area contributed by atoms with E-state index in [4.69, 9.17) is 67.8 Å². The molecule has 123 heavy (non-hydrogen) atoms. The molecule has 7 aliphatic rings. The highest BCUT2D eigenvalue weighted by Crippen LogP contribution is 2.51. The van der Waals surface area contributed by atoms with Crippen LogP contribution in [0.15, 0.2) is 102 Å². The molecule has 0 aliphatic carbocycles. The van der Waals surface area contributed by atoms with Gasteiger partial charge < -0.3 is 122 Å². The van der Waals surface area contributed by atoms with Gasteiger partial charge in [0.05, 0.1) is 57.8 Å². The number of carbonyl (C=O) groups is 9. The molecule has 20 N–H and O–H groups in total. The van der Waals surface area contributed by atoms with Crippen LogP contribution in [0, 0.1) is 17.8 Å². The number of rotatable bonds is 25. The number of carboxylic acid groups (broad SMARTS) is 1. The van der Waals surface area contributed by atoms with E-state index in [9.17, 15) is 78.7 Å². The number of unbranched alkanes of at least 4 members (excludes halogenated alkanes) is 2. The Bertz CT molecular complexity index is 5100. The predicted molar refractivity (Wildman–Crippen MR) is 436 cm³/mol. The highest BCUT2D eigenvalue weighted by Gasteiger charge is 2.52. The monoisotopic (exact) mass is 1770 g/mol. The Labute approximate surface area is 716 Å². The molecule has 664 valence electrons. The van der Waals surface area contributed by atoms with Crippen molar-refractivity contribution in [2.45, 2.75) is 214 Å². The molecule has 0 saturated carbocycles. The zero-order chi connectivity index (χ0) is 89.5. The van der Waals surface area contributed by atoms with Crippen LogP contribution in [0.5, 0.6) is 51.7 Å². The van der Waals surface area contributed by atoms with Crippen LogP contribution >= 0.6 is 23.2 Å². The number of hydrogen-bond donors (Lipinski definition) is 18. The minimum atomic E-state index is -4.43. The smallest absolute Gasteiger partial charge is 0.330 e. The number of nitrogens with one attached hydrogen (secondary N) is 6. The summed E-state index contributed by atoms with van der Waals surface area (Å²) in [7, 11) is -4.43. The Morgan fingerprint density at radius 1 is 0.740 bits per heavy atom. The number of carbonyl (C=O) groups excluding carboxylic acids is 8. The van der Waals surface area contributed by atoms with Crippen molar-refractivity contribution in [3.8, 4) is 62.9 Å². The number of aliphatic carboxylic acids is 1. The molecule has 6 amide bonds.